The Bertz CT molecular complexity index is 417. The number of carboxylic acids is 1. The summed E-state index contributed by atoms with van der Waals surface area (Å²) in [6.07, 6.45) is 2.60. The van der Waals surface area contributed by atoms with Crippen molar-refractivity contribution in [3.8, 4) is 0 Å². The number of nitrogens with zero attached hydrogens (tertiary/aromatic N) is 2. The van der Waals surface area contributed by atoms with Crippen LogP contribution in [0.15, 0.2) is 12.7 Å². The van der Waals surface area contributed by atoms with Gasteiger partial charge in [-0.15, -0.1) is 6.58 Å². The molecule has 0 radical (unpaired) electrons. The minimum Gasteiger partial charge on any atom is -0.480 e. The van der Waals surface area contributed by atoms with Gasteiger partial charge in [0.05, 0.1) is 0 Å². The lowest BCUT2D eigenvalue weighted by Gasteiger charge is -2.33. The molecule has 8 heteroatoms. The topological polar surface area (TPSA) is 87.2 Å². The third kappa shape index (κ3) is 4.27. The first-order chi connectivity index (χ1) is 8.89. The predicted octanol–water partition coefficient (Wildman–Crippen LogP) is -0.0854. The molecule has 0 amide bonds. The second kappa shape index (κ2) is 6.99. The number of carbonyl (C=O) groups is 1. The van der Waals surface area contributed by atoms with Crippen LogP contribution in [-0.2, 0) is 19.7 Å². The smallest absolute Gasteiger partial charge is 0.318 e. The van der Waals surface area contributed by atoms with Crippen molar-refractivity contribution in [2.24, 2.45) is 0 Å². The molecule has 0 atom stereocenters. The van der Waals surface area contributed by atoms with E-state index in [1.54, 1.807) is 0 Å². The molecule has 0 aromatic rings. The first kappa shape index (κ1) is 16.1. The van der Waals surface area contributed by atoms with Crippen molar-refractivity contribution in [3.63, 3.8) is 0 Å². The van der Waals surface area contributed by atoms with Gasteiger partial charge in [0.2, 0.25) is 0 Å². The van der Waals surface area contributed by atoms with E-state index in [-0.39, 0.29) is 12.6 Å². The van der Waals surface area contributed by atoms with E-state index in [9.17, 15) is 13.2 Å². The molecule has 0 unspecified atom stereocenters. The molecule has 110 valence electrons. The number of ether oxygens (including phenoxy) is 1. The zero-order valence-corrected chi connectivity index (χ0v) is 11.8. The summed E-state index contributed by atoms with van der Waals surface area (Å²) in [6, 6.07) is -0.153. The second-order valence-corrected chi connectivity index (χ2v) is 6.33. The minimum absolute atomic E-state index is 0.0256. The van der Waals surface area contributed by atoms with E-state index in [1.807, 2.05) is 0 Å². The summed E-state index contributed by atoms with van der Waals surface area (Å²) in [5.74, 6) is -1.19. The number of rotatable bonds is 7. The fraction of sp³-hybridized carbons (Fsp3) is 0.727. The van der Waals surface area contributed by atoms with Crippen molar-refractivity contribution in [1.29, 1.82) is 0 Å². The van der Waals surface area contributed by atoms with Gasteiger partial charge in [0.25, 0.3) is 10.2 Å². The summed E-state index contributed by atoms with van der Waals surface area (Å²) in [5, 5.41) is 8.79. The maximum atomic E-state index is 12.4. The molecule has 0 saturated carbocycles. The molecule has 0 bridgehead atoms. The highest BCUT2D eigenvalue weighted by molar-refractivity contribution is 7.86. The van der Waals surface area contributed by atoms with Crippen LogP contribution >= 0.6 is 0 Å². The second-order valence-electron chi connectivity index (χ2n) is 4.34. The quantitative estimate of drug-likeness (QED) is 0.663. The molecule has 0 aromatic carbocycles. The zero-order valence-electron chi connectivity index (χ0n) is 11.0. The van der Waals surface area contributed by atoms with Crippen molar-refractivity contribution in [2.75, 3.05) is 33.4 Å². The normalized spacial score (nSPS) is 17.8. The van der Waals surface area contributed by atoms with Crippen LogP contribution in [0.25, 0.3) is 0 Å². The maximum absolute atomic E-state index is 12.4. The molecule has 1 fully saturated rings. The minimum atomic E-state index is -3.80. The highest BCUT2D eigenvalue weighted by Gasteiger charge is 2.33. The Labute approximate surface area is 113 Å². The molecule has 0 aromatic heterocycles. The summed E-state index contributed by atoms with van der Waals surface area (Å²) in [7, 11) is -2.32. The van der Waals surface area contributed by atoms with Gasteiger partial charge >= 0.3 is 5.97 Å². The number of carboxylic acid groups (broad SMARTS) is 1. The van der Waals surface area contributed by atoms with Crippen LogP contribution in [0.3, 0.4) is 0 Å². The average molecular weight is 292 g/mol. The molecule has 0 spiro atoms. The van der Waals surface area contributed by atoms with E-state index in [0.29, 0.717) is 26.1 Å². The van der Waals surface area contributed by atoms with E-state index >= 15 is 0 Å². The van der Waals surface area contributed by atoms with Gasteiger partial charge in [-0.05, 0) is 12.8 Å². The Morgan fingerprint density at radius 1 is 1.47 bits per heavy atom. The molecule has 0 aliphatic carbocycles. The van der Waals surface area contributed by atoms with Crippen molar-refractivity contribution >= 4 is 16.2 Å². The van der Waals surface area contributed by atoms with Gasteiger partial charge in [-0.1, -0.05) is 6.08 Å². The lowest BCUT2D eigenvalue weighted by atomic mass is 10.1. The molecule has 1 aliphatic rings. The Kier molecular flexibility index (Phi) is 5.92. The third-order valence-electron chi connectivity index (χ3n) is 3.04. The van der Waals surface area contributed by atoms with Crippen LogP contribution in [0.4, 0.5) is 0 Å². The SMILES string of the molecule is C=CCN(CC(=O)O)S(=O)(=O)N(C)C1CCOCC1. The highest BCUT2D eigenvalue weighted by Crippen LogP contribution is 2.18. The Morgan fingerprint density at radius 2 is 2.05 bits per heavy atom. The van der Waals surface area contributed by atoms with Gasteiger partial charge in [0.1, 0.15) is 6.54 Å². The first-order valence-electron chi connectivity index (χ1n) is 6.03. The lowest BCUT2D eigenvalue weighted by molar-refractivity contribution is -0.137. The molecular weight excluding hydrogens is 272 g/mol. The maximum Gasteiger partial charge on any atom is 0.318 e. The summed E-state index contributed by atoms with van der Waals surface area (Å²) in [6.45, 7) is 3.90. The van der Waals surface area contributed by atoms with E-state index < -0.39 is 22.7 Å². The van der Waals surface area contributed by atoms with Crippen LogP contribution in [0.2, 0.25) is 0 Å². The lowest BCUT2D eigenvalue weighted by Crippen LogP contribution is -2.49. The Hall–Kier alpha value is -0.960. The molecule has 19 heavy (non-hydrogen) atoms. The molecule has 1 N–H and O–H groups in total. The average Bonchev–Trinajstić information content (AvgIpc) is 2.38. The van der Waals surface area contributed by atoms with E-state index in [0.717, 1.165) is 4.31 Å². The van der Waals surface area contributed by atoms with E-state index in [4.69, 9.17) is 9.84 Å². The van der Waals surface area contributed by atoms with Crippen LogP contribution < -0.4 is 0 Å². The zero-order chi connectivity index (χ0) is 14.5. The van der Waals surface area contributed by atoms with Crippen molar-refractivity contribution < 1.29 is 23.1 Å². The fourth-order valence-electron chi connectivity index (χ4n) is 1.95. The van der Waals surface area contributed by atoms with Gasteiger partial charge in [-0.2, -0.15) is 17.0 Å². The molecular formula is C11H20N2O5S. The first-order valence-corrected chi connectivity index (χ1v) is 7.42. The van der Waals surface area contributed by atoms with Crippen LogP contribution in [0, 0.1) is 0 Å². The van der Waals surface area contributed by atoms with Crippen LogP contribution in [0.1, 0.15) is 12.8 Å². The molecule has 1 saturated heterocycles. The van der Waals surface area contributed by atoms with Crippen molar-refractivity contribution in [3.05, 3.63) is 12.7 Å². The van der Waals surface area contributed by atoms with E-state index in [2.05, 4.69) is 6.58 Å². The summed E-state index contributed by atoms with van der Waals surface area (Å²) in [4.78, 5) is 10.8. The third-order valence-corrected chi connectivity index (χ3v) is 5.00. The van der Waals surface area contributed by atoms with Crippen LogP contribution in [-0.4, -0.2) is 67.5 Å². The summed E-state index contributed by atoms with van der Waals surface area (Å²) < 4.78 is 32.0. The molecule has 1 rings (SSSR count). The standard InChI is InChI=1S/C11H20N2O5S/c1-3-6-13(9-11(14)15)19(16,17)12(2)10-4-7-18-8-5-10/h3,10H,1,4-9H2,2H3,(H,14,15). The van der Waals surface area contributed by atoms with Crippen LogP contribution in [0.5, 0.6) is 0 Å². The van der Waals surface area contributed by atoms with Gasteiger partial charge in [0, 0.05) is 32.8 Å². The molecule has 1 heterocycles. The highest BCUT2D eigenvalue weighted by atomic mass is 32.2. The largest absolute Gasteiger partial charge is 0.480 e. The van der Waals surface area contributed by atoms with Gasteiger partial charge in [-0.25, -0.2) is 0 Å². The van der Waals surface area contributed by atoms with Gasteiger partial charge in [0.15, 0.2) is 0 Å². The van der Waals surface area contributed by atoms with Gasteiger partial charge in [-0.3, -0.25) is 4.79 Å². The summed E-state index contributed by atoms with van der Waals surface area (Å²) in [5.41, 5.74) is 0. The Balaban J connectivity index is 2.84. The fourth-order valence-corrected chi connectivity index (χ4v) is 3.47. The predicted molar refractivity (Wildman–Crippen MR) is 69.9 cm³/mol. The number of aliphatic carboxylic acids is 1. The summed E-state index contributed by atoms with van der Waals surface area (Å²) >= 11 is 0. The van der Waals surface area contributed by atoms with Crippen molar-refractivity contribution in [1.82, 2.24) is 8.61 Å². The number of hydrogen-bond acceptors (Lipinski definition) is 4. The Morgan fingerprint density at radius 3 is 2.53 bits per heavy atom. The van der Waals surface area contributed by atoms with Crippen molar-refractivity contribution in [2.45, 2.75) is 18.9 Å². The van der Waals surface area contributed by atoms with E-state index in [1.165, 1.54) is 17.4 Å². The van der Waals surface area contributed by atoms with Gasteiger partial charge < -0.3 is 9.84 Å². The number of hydrogen-bond donors (Lipinski definition) is 1. The molecule has 1 aliphatic heterocycles. The molecule has 7 nitrogen and oxygen atoms in total. The monoisotopic (exact) mass is 292 g/mol.